The highest BCUT2D eigenvalue weighted by atomic mass is 16.4. The first-order valence-electron chi connectivity index (χ1n) is 5.23. The molecule has 1 aliphatic carbocycles. The Hall–Kier alpha value is -1.97. The van der Waals surface area contributed by atoms with Crippen LogP contribution < -0.4 is 0 Å². The standard InChI is InChI=1S/C12H10N2O2/c15-12(16)9-4-11-10(14-6-9)3-8(5-13-11)7-1-2-7/h3-7H,1-2H2,(H,15,16). The summed E-state index contributed by atoms with van der Waals surface area (Å²) >= 11 is 0. The molecule has 1 fully saturated rings. The van der Waals surface area contributed by atoms with Gasteiger partial charge in [0.2, 0.25) is 0 Å². The van der Waals surface area contributed by atoms with Crippen LogP contribution in [0.25, 0.3) is 11.0 Å². The van der Waals surface area contributed by atoms with Gasteiger partial charge in [-0.15, -0.1) is 0 Å². The van der Waals surface area contributed by atoms with Gasteiger partial charge < -0.3 is 5.11 Å². The van der Waals surface area contributed by atoms with Gasteiger partial charge in [-0.1, -0.05) is 0 Å². The largest absolute Gasteiger partial charge is 0.478 e. The number of aromatic nitrogens is 2. The topological polar surface area (TPSA) is 63.1 Å². The third kappa shape index (κ3) is 1.52. The molecule has 2 heterocycles. The van der Waals surface area contributed by atoms with Crippen molar-refractivity contribution in [2.75, 3.05) is 0 Å². The lowest BCUT2D eigenvalue weighted by Gasteiger charge is -2.01. The quantitative estimate of drug-likeness (QED) is 0.832. The molecule has 0 spiro atoms. The highest BCUT2D eigenvalue weighted by Crippen LogP contribution is 2.40. The lowest BCUT2D eigenvalue weighted by molar-refractivity contribution is 0.0696. The van der Waals surface area contributed by atoms with Gasteiger partial charge in [0.1, 0.15) is 0 Å². The molecule has 0 atom stereocenters. The van der Waals surface area contributed by atoms with Crippen molar-refractivity contribution in [1.29, 1.82) is 0 Å². The Labute approximate surface area is 92.0 Å². The molecule has 4 nitrogen and oxygen atoms in total. The summed E-state index contributed by atoms with van der Waals surface area (Å²) in [7, 11) is 0. The van der Waals surface area contributed by atoms with Gasteiger partial charge in [-0.25, -0.2) is 4.79 Å². The summed E-state index contributed by atoms with van der Waals surface area (Å²) in [6.45, 7) is 0. The van der Waals surface area contributed by atoms with E-state index in [0.29, 0.717) is 11.4 Å². The van der Waals surface area contributed by atoms with Gasteiger partial charge in [0.25, 0.3) is 0 Å². The van der Waals surface area contributed by atoms with Crippen LogP contribution in [0.2, 0.25) is 0 Å². The van der Waals surface area contributed by atoms with E-state index in [4.69, 9.17) is 5.11 Å². The van der Waals surface area contributed by atoms with E-state index in [-0.39, 0.29) is 5.56 Å². The van der Waals surface area contributed by atoms with Crippen LogP contribution >= 0.6 is 0 Å². The number of hydrogen-bond acceptors (Lipinski definition) is 3. The molecule has 1 N–H and O–H groups in total. The van der Waals surface area contributed by atoms with Crippen molar-refractivity contribution in [1.82, 2.24) is 9.97 Å². The van der Waals surface area contributed by atoms with Gasteiger partial charge >= 0.3 is 5.97 Å². The van der Waals surface area contributed by atoms with E-state index in [2.05, 4.69) is 9.97 Å². The average molecular weight is 214 g/mol. The minimum Gasteiger partial charge on any atom is -0.478 e. The fourth-order valence-corrected chi connectivity index (χ4v) is 1.77. The zero-order chi connectivity index (χ0) is 11.1. The maximum atomic E-state index is 10.8. The first-order chi connectivity index (χ1) is 7.74. The minimum atomic E-state index is -0.970. The molecule has 2 aromatic rings. The van der Waals surface area contributed by atoms with Crippen LogP contribution in [0.4, 0.5) is 0 Å². The van der Waals surface area contributed by atoms with Crippen molar-refractivity contribution < 1.29 is 9.90 Å². The molecule has 0 unspecified atom stereocenters. The molecule has 0 amide bonds. The van der Waals surface area contributed by atoms with Gasteiger partial charge in [-0.3, -0.25) is 9.97 Å². The van der Waals surface area contributed by atoms with Crippen molar-refractivity contribution in [2.24, 2.45) is 0 Å². The Kier molecular flexibility index (Phi) is 1.89. The van der Waals surface area contributed by atoms with E-state index in [9.17, 15) is 4.79 Å². The molecule has 3 rings (SSSR count). The summed E-state index contributed by atoms with van der Waals surface area (Å²) in [6, 6.07) is 3.56. The Bertz CT molecular complexity index is 576. The van der Waals surface area contributed by atoms with Crippen molar-refractivity contribution in [2.45, 2.75) is 18.8 Å². The summed E-state index contributed by atoms with van der Waals surface area (Å²) in [5, 5.41) is 8.83. The second-order valence-electron chi connectivity index (χ2n) is 4.11. The Morgan fingerprint density at radius 1 is 1.19 bits per heavy atom. The Morgan fingerprint density at radius 3 is 2.56 bits per heavy atom. The molecule has 80 valence electrons. The smallest absolute Gasteiger partial charge is 0.337 e. The van der Waals surface area contributed by atoms with Crippen molar-refractivity contribution in [3.63, 3.8) is 0 Å². The second-order valence-corrected chi connectivity index (χ2v) is 4.11. The van der Waals surface area contributed by atoms with Crippen LogP contribution in [-0.4, -0.2) is 21.0 Å². The fourth-order valence-electron chi connectivity index (χ4n) is 1.77. The van der Waals surface area contributed by atoms with Crippen LogP contribution in [0.15, 0.2) is 24.5 Å². The van der Waals surface area contributed by atoms with E-state index in [1.165, 1.54) is 24.6 Å². The highest BCUT2D eigenvalue weighted by molar-refractivity contribution is 5.91. The molecule has 0 radical (unpaired) electrons. The zero-order valence-electron chi connectivity index (χ0n) is 8.55. The number of carbonyl (C=O) groups is 1. The number of pyridine rings is 2. The predicted molar refractivity (Wildman–Crippen MR) is 58.5 cm³/mol. The van der Waals surface area contributed by atoms with E-state index >= 15 is 0 Å². The SMILES string of the molecule is O=C(O)c1cnc2cc(C3CC3)cnc2c1. The number of rotatable bonds is 2. The number of hydrogen-bond donors (Lipinski definition) is 1. The lowest BCUT2D eigenvalue weighted by Crippen LogP contribution is -1.98. The number of carboxylic acids is 1. The minimum absolute atomic E-state index is 0.180. The van der Waals surface area contributed by atoms with Gasteiger partial charge in [-0.2, -0.15) is 0 Å². The molecule has 1 saturated carbocycles. The summed E-state index contributed by atoms with van der Waals surface area (Å²) in [5.41, 5.74) is 2.81. The van der Waals surface area contributed by atoms with E-state index in [0.717, 1.165) is 5.52 Å². The van der Waals surface area contributed by atoms with Crippen molar-refractivity contribution in [3.05, 3.63) is 35.7 Å². The lowest BCUT2D eigenvalue weighted by atomic mass is 10.1. The van der Waals surface area contributed by atoms with Crippen LogP contribution in [0, 0.1) is 0 Å². The molecule has 16 heavy (non-hydrogen) atoms. The van der Waals surface area contributed by atoms with Gasteiger partial charge in [-0.05, 0) is 36.5 Å². The van der Waals surface area contributed by atoms with E-state index < -0.39 is 5.97 Å². The predicted octanol–water partition coefficient (Wildman–Crippen LogP) is 2.21. The van der Waals surface area contributed by atoms with E-state index in [1.807, 2.05) is 12.3 Å². The van der Waals surface area contributed by atoms with Crippen LogP contribution in [0.3, 0.4) is 0 Å². The maximum absolute atomic E-state index is 10.8. The highest BCUT2D eigenvalue weighted by Gasteiger charge is 2.24. The molecular formula is C12H10N2O2. The molecule has 0 aromatic carbocycles. The molecular weight excluding hydrogens is 204 g/mol. The van der Waals surface area contributed by atoms with Crippen LogP contribution in [0.1, 0.15) is 34.7 Å². The van der Waals surface area contributed by atoms with Gasteiger partial charge in [0.15, 0.2) is 0 Å². The monoisotopic (exact) mass is 214 g/mol. The summed E-state index contributed by atoms with van der Waals surface area (Å²) in [5.74, 6) is -0.333. The molecule has 0 saturated heterocycles. The van der Waals surface area contributed by atoms with E-state index in [1.54, 1.807) is 6.07 Å². The average Bonchev–Trinajstić information content (AvgIpc) is 3.11. The second kappa shape index (κ2) is 3.27. The fraction of sp³-hybridized carbons (Fsp3) is 0.250. The van der Waals surface area contributed by atoms with Crippen molar-refractivity contribution in [3.8, 4) is 0 Å². The first kappa shape index (κ1) is 9.27. The third-order valence-electron chi connectivity index (χ3n) is 2.85. The normalized spacial score (nSPS) is 15.2. The third-order valence-corrected chi connectivity index (χ3v) is 2.85. The van der Waals surface area contributed by atoms with Crippen LogP contribution in [-0.2, 0) is 0 Å². The summed E-state index contributed by atoms with van der Waals surface area (Å²) in [4.78, 5) is 19.2. The summed E-state index contributed by atoms with van der Waals surface area (Å²) in [6.07, 6.45) is 5.65. The Balaban J connectivity index is 2.12. The van der Waals surface area contributed by atoms with Gasteiger partial charge in [0.05, 0.1) is 16.6 Å². The van der Waals surface area contributed by atoms with Crippen molar-refractivity contribution >= 4 is 17.0 Å². The maximum Gasteiger partial charge on any atom is 0.337 e. The Morgan fingerprint density at radius 2 is 1.88 bits per heavy atom. The molecule has 1 aliphatic rings. The number of nitrogens with zero attached hydrogens (tertiary/aromatic N) is 2. The number of carboxylic acid groups (broad SMARTS) is 1. The zero-order valence-corrected chi connectivity index (χ0v) is 8.55. The molecule has 2 aromatic heterocycles. The molecule has 4 heteroatoms. The first-order valence-corrected chi connectivity index (χ1v) is 5.23. The van der Waals surface area contributed by atoms with Gasteiger partial charge in [0, 0.05) is 12.4 Å². The number of aromatic carboxylic acids is 1. The molecule has 0 bridgehead atoms. The summed E-state index contributed by atoms with van der Waals surface area (Å²) < 4.78 is 0. The molecule has 0 aliphatic heterocycles. The number of fused-ring (bicyclic) bond motifs is 1. The van der Waals surface area contributed by atoms with Crippen LogP contribution in [0.5, 0.6) is 0 Å².